The Labute approximate surface area is 156 Å². The van der Waals surface area contributed by atoms with Crippen molar-refractivity contribution >= 4 is 34.1 Å². The lowest BCUT2D eigenvalue weighted by Crippen LogP contribution is -2.28. The maximum absolute atomic E-state index is 6.07. The summed E-state index contributed by atoms with van der Waals surface area (Å²) in [6.07, 6.45) is 3.70. The zero-order chi connectivity index (χ0) is 17.9. The quantitative estimate of drug-likeness (QED) is 0.691. The maximum atomic E-state index is 6.07. The predicted molar refractivity (Wildman–Crippen MR) is 101 cm³/mol. The van der Waals surface area contributed by atoms with E-state index in [2.05, 4.69) is 20.3 Å². The highest BCUT2D eigenvalue weighted by atomic mass is 35.5. The van der Waals surface area contributed by atoms with Crippen LogP contribution < -0.4 is 10.1 Å². The largest absolute Gasteiger partial charge is 0.488 e. The van der Waals surface area contributed by atoms with Crippen LogP contribution in [0.15, 0.2) is 36.7 Å². The lowest BCUT2D eigenvalue weighted by atomic mass is 10.1. The fourth-order valence-corrected chi connectivity index (χ4v) is 3.14. The monoisotopic (exact) mass is 370 g/mol. The third-order valence-corrected chi connectivity index (χ3v) is 4.51. The summed E-state index contributed by atoms with van der Waals surface area (Å²) in [4.78, 5) is 12.8. The van der Waals surface area contributed by atoms with Gasteiger partial charge in [0.05, 0.1) is 12.1 Å². The Hall–Kier alpha value is -2.44. The molecule has 2 aromatic heterocycles. The van der Waals surface area contributed by atoms with Crippen LogP contribution in [0.1, 0.15) is 18.4 Å². The van der Waals surface area contributed by atoms with Gasteiger partial charge in [0.2, 0.25) is 0 Å². The molecule has 0 bridgehead atoms. The normalized spacial score (nSPS) is 17.2. The molecule has 1 N–H and O–H groups in total. The summed E-state index contributed by atoms with van der Waals surface area (Å²) in [5.41, 5.74) is 3.32. The summed E-state index contributed by atoms with van der Waals surface area (Å²) in [5.74, 6) is 1.49. The molecule has 7 heteroatoms. The molecule has 0 spiro atoms. The molecule has 3 heterocycles. The van der Waals surface area contributed by atoms with E-state index < -0.39 is 0 Å². The number of nitrogens with zero attached hydrogens (tertiary/aromatic N) is 3. The number of aromatic nitrogens is 3. The molecule has 1 atom stereocenters. The number of hydrogen-bond donors (Lipinski definition) is 1. The Morgan fingerprint density at radius 3 is 2.96 bits per heavy atom. The van der Waals surface area contributed by atoms with Crippen LogP contribution in [0.5, 0.6) is 5.75 Å². The average molecular weight is 371 g/mol. The number of ether oxygens (including phenoxy) is 2. The smallest absolute Gasteiger partial charge is 0.160 e. The average Bonchev–Trinajstić information content (AvgIpc) is 2.65. The molecular formula is C19H19ClN4O2. The van der Waals surface area contributed by atoms with Crippen LogP contribution in [-0.4, -0.2) is 34.3 Å². The Morgan fingerprint density at radius 1 is 1.23 bits per heavy atom. The van der Waals surface area contributed by atoms with Crippen molar-refractivity contribution in [2.45, 2.75) is 25.9 Å². The number of anilines is 2. The van der Waals surface area contributed by atoms with Crippen LogP contribution in [0.25, 0.3) is 11.0 Å². The number of halogens is 1. The van der Waals surface area contributed by atoms with E-state index in [4.69, 9.17) is 21.1 Å². The van der Waals surface area contributed by atoms with Gasteiger partial charge in [0.25, 0.3) is 0 Å². The van der Waals surface area contributed by atoms with Crippen molar-refractivity contribution in [1.82, 2.24) is 15.0 Å². The minimum absolute atomic E-state index is 0.124. The zero-order valence-corrected chi connectivity index (χ0v) is 15.2. The Balaban J connectivity index is 1.55. The molecule has 1 unspecified atom stereocenters. The molecule has 3 aromatic rings. The molecule has 0 amide bonds. The highest BCUT2D eigenvalue weighted by Crippen LogP contribution is 2.28. The summed E-state index contributed by atoms with van der Waals surface area (Å²) in [5, 5.41) is 3.70. The van der Waals surface area contributed by atoms with Crippen molar-refractivity contribution < 1.29 is 9.47 Å². The molecule has 0 radical (unpaired) electrons. The third kappa shape index (κ3) is 3.71. The Kier molecular flexibility index (Phi) is 4.86. The van der Waals surface area contributed by atoms with Crippen LogP contribution in [-0.2, 0) is 4.74 Å². The molecule has 1 aromatic carbocycles. The molecule has 1 fully saturated rings. The second-order valence-corrected chi connectivity index (χ2v) is 6.67. The number of rotatable bonds is 4. The van der Waals surface area contributed by atoms with E-state index in [0.717, 1.165) is 42.0 Å². The molecule has 1 saturated heterocycles. The van der Waals surface area contributed by atoms with Gasteiger partial charge in [-0.2, -0.15) is 0 Å². The van der Waals surface area contributed by atoms with E-state index in [1.54, 1.807) is 6.07 Å². The van der Waals surface area contributed by atoms with E-state index in [0.29, 0.717) is 23.1 Å². The predicted octanol–water partition coefficient (Wildman–Crippen LogP) is 4.29. The molecule has 26 heavy (non-hydrogen) atoms. The first-order chi connectivity index (χ1) is 12.7. The first-order valence-electron chi connectivity index (χ1n) is 8.58. The van der Waals surface area contributed by atoms with Gasteiger partial charge in [-0.3, -0.25) is 0 Å². The van der Waals surface area contributed by atoms with Crippen LogP contribution in [0, 0.1) is 6.92 Å². The van der Waals surface area contributed by atoms with E-state index >= 15 is 0 Å². The third-order valence-electron chi connectivity index (χ3n) is 4.30. The zero-order valence-electron chi connectivity index (χ0n) is 14.4. The van der Waals surface area contributed by atoms with Gasteiger partial charge in [0, 0.05) is 12.3 Å². The summed E-state index contributed by atoms with van der Waals surface area (Å²) in [6, 6.07) is 9.50. The number of pyridine rings is 1. The molecule has 1 aliphatic rings. The van der Waals surface area contributed by atoms with E-state index in [-0.39, 0.29) is 6.10 Å². The van der Waals surface area contributed by atoms with Gasteiger partial charge in [-0.1, -0.05) is 11.6 Å². The van der Waals surface area contributed by atoms with Crippen molar-refractivity contribution in [3.8, 4) is 5.75 Å². The van der Waals surface area contributed by atoms with E-state index in [9.17, 15) is 0 Å². The SMILES string of the molecule is Cc1cc(Nc2ncnc3ccc(Cl)nc23)ccc1OC1CCCOC1. The number of benzene rings is 1. The molecule has 0 aliphatic carbocycles. The van der Waals surface area contributed by atoms with Crippen molar-refractivity contribution in [3.63, 3.8) is 0 Å². The van der Waals surface area contributed by atoms with Gasteiger partial charge in [0.1, 0.15) is 28.9 Å². The fraction of sp³-hybridized carbons (Fsp3) is 0.316. The van der Waals surface area contributed by atoms with E-state index in [1.165, 1.54) is 6.33 Å². The van der Waals surface area contributed by atoms with Gasteiger partial charge in [-0.15, -0.1) is 0 Å². The van der Waals surface area contributed by atoms with Gasteiger partial charge in [0.15, 0.2) is 5.82 Å². The second-order valence-electron chi connectivity index (χ2n) is 6.29. The number of fused-ring (bicyclic) bond motifs is 1. The highest BCUT2D eigenvalue weighted by molar-refractivity contribution is 6.29. The summed E-state index contributed by atoms with van der Waals surface area (Å²) in [7, 11) is 0. The van der Waals surface area contributed by atoms with Gasteiger partial charge in [-0.25, -0.2) is 15.0 Å². The standard InChI is InChI=1S/C19H19ClN4O2/c1-12-9-13(4-6-16(12)26-14-3-2-8-25-10-14)23-19-18-15(21-11-22-19)5-7-17(20)24-18/h4-7,9,11,14H,2-3,8,10H2,1H3,(H,21,22,23). The number of aryl methyl sites for hydroxylation is 1. The minimum Gasteiger partial charge on any atom is -0.488 e. The van der Waals surface area contributed by atoms with Crippen LogP contribution in [0.3, 0.4) is 0 Å². The van der Waals surface area contributed by atoms with Crippen molar-refractivity contribution in [2.75, 3.05) is 18.5 Å². The molecule has 6 nitrogen and oxygen atoms in total. The second kappa shape index (κ2) is 7.43. The van der Waals surface area contributed by atoms with Crippen molar-refractivity contribution in [2.24, 2.45) is 0 Å². The maximum Gasteiger partial charge on any atom is 0.160 e. The summed E-state index contributed by atoms with van der Waals surface area (Å²) in [6.45, 7) is 3.50. The van der Waals surface area contributed by atoms with Crippen LogP contribution >= 0.6 is 11.6 Å². The van der Waals surface area contributed by atoms with Crippen molar-refractivity contribution in [3.05, 3.63) is 47.4 Å². The molecular weight excluding hydrogens is 352 g/mol. The van der Waals surface area contributed by atoms with Crippen LogP contribution in [0.2, 0.25) is 5.15 Å². The van der Waals surface area contributed by atoms with Gasteiger partial charge >= 0.3 is 0 Å². The van der Waals surface area contributed by atoms with Gasteiger partial charge in [-0.05, 0) is 55.7 Å². The lowest BCUT2D eigenvalue weighted by molar-refractivity contribution is 0.00716. The molecule has 1 aliphatic heterocycles. The van der Waals surface area contributed by atoms with Gasteiger partial charge < -0.3 is 14.8 Å². The number of nitrogens with one attached hydrogen (secondary N) is 1. The molecule has 4 rings (SSSR count). The summed E-state index contributed by atoms with van der Waals surface area (Å²) >= 11 is 6.01. The number of hydrogen-bond acceptors (Lipinski definition) is 6. The topological polar surface area (TPSA) is 69.2 Å². The van der Waals surface area contributed by atoms with E-state index in [1.807, 2.05) is 31.2 Å². The van der Waals surface area contributed by atoms with Crippen molar-refractivity contribution in [1.29, 1.82) is 0 Å². The Morgan fingerprint density at radius 2 is 2.15 bits per heavy atom. The highest BCUT2D eigenvalue weighted by Gasteiger charge is 2.16. The first-order valence-corrected chi connectivity index (χ1v) is 8.96. The summed E-state index contributed by atoms with van der Waals surface area (Å²) < 4.78 is 11.5. The Bertz CT molecular complexity index is 929. The lowest BCUT2D eigenvalue weighted by Gasteiger charge is -2.24. The van der Waals surface area contributed by atoms with Crippen LogP contribution in [0.4, 0.5) is 11.5 Å². The molecule has 0 saturated carbocycles. The minimum atomic E-state index is 0.124. The first kappa shape index (κ1) is 17.0. The molecule has 134 valence electrons. The fourth-order valence-electron chi connectivity index (χ4n) is 2.99.